The first kappa shape index (κ1) is 17.3. The third kappa shape index (κ3) is 5.27. The molecule has 0 spiro atoms. The van der Waals surface area contributed by atoms with Gasteiger partial charge in [-0.15, -0.1) is 11.3 Å². The number of aliphatic hydroxyl groups is 2. The second-order valence-corrected chi connectivity index (χ2v) is 6.20. The summed E-state index contributed by atoms with van der Waals surface area (Å²) < 4.78 is 13.2. The van der Waals surface area contributed by atoms with Crippen molar-refractivity contribution in [1.82, 2.24) is 9.88 Å². The predicted molar refractivity (Wildman–Crippen MR) is 86.1 cm³/mol. The highest BCUT2D eigenvalue weighted by Gasteiger charge is 2.14. The molecule has 124 valence electrons. The van der Waals surface area contributed by atoms with Gasteiger partial charge in [0.2, 0.25) is 0 Å². The third-order valence-electron chi connectivity index (χ3n) is 3.08. The van der Waals surface area contributed by atoms with Crippen molar-refractivity contribution < 1.29 is 19.4 Å². The highest BCUT2D eigenvalue weighted by Crippen LogP contribution is 2.21. The Balaban J connectivity index is 1.93. The van der Waals surface area contributed by atoms with Gasteiger partial charge in [0.25, 0.3) is 0 Å². The SMILES string of the molecule is CN(CC(O)CO)C(=O)Nc1ncc(Cc2cccc(F)c2)s1. The van der Waals surface area contributed by atoms with E-state index in [-0.39, 0.29) is 12.4 Å². The zero-order valence-electron chi connectivity index (χ0n) is 12.6. The molecule has 2 rings (SSSR count). The molecule has 1 atom stereocenters. The number of halogens is 1. The average Bonchev–Trinajstić information content (AvgIpc) is 2.94. The topological polar surface area (TPSA) is 85.7 Å². The van der Waals surface area contributed by atoms with E-state index in [9.17, 15) is 14.3 Å². The van der Waals surface area contributed by atoms with Gasteiger partial charge in [0, 0.05) is 24.5 Å². The van der Waals surface area contributed by atoms with Crippen LogP contribution in [0.2, 0.25) is 0 Å². The van der Waals surface area contributed by atoms with E-state index in [1.807, 2.05) is 6.07 Å². The number of aliphatic hydroxyl groups excluding tert-OH is 2. The number of nitrogens with zero attached hydrogens (tertiary/aromatic N) is 2. The quantitative estimate of drug-likeness (QED) is 0.748. The molecule has 3 N–H and O–H groups in total. The fraction of sp³-hybridized carbons (Fsp3) is 0.333. The molecule has 0 aliphatic carbocycles. The Morgan fingerprint density at radius 2 is 2.30 bits per heavy atom. The van der Waals surface area contributed by atoms with Crippen LogP contribution in [-0.2, 0) is 6.42 Å². The normalized spacial score (nSPS) is 12.0. The molecule has 0 saturated carbocycles. The van der Waals surface area contributed by atoms with Crippen molar-refractivity contribution in [3.8, 4) is 0 Å². The molecule has 1 aromatic heterocycles. The van der Waals surface area contributed by atoms with Crippen LogP contribution in [-0.4, -0.2) is 52.4 Å². The van der Waals surface area contributed by atoms with Crippen LogP contribution < -0.4 is 5.32 Å². The number of rotatable bonds is 6. The number of nitrogens with one attached hydrogen (secondary N) is 1. The van der Waals surface area contributed by atoms with E-state index in [2.05, 4.69) is 10.3 Å². The van der Waals surface area contributed by atoms with Crippen molar-refractivity contribution in [3.63, 3.8) is 0 Å². The number of thiazole rings is 1. The van der Waals surface area contributed by atoms with Gasteiger partial charge in [0.1, 0.15) is 5.82 Å². The summed E-state index contributed by atoms with van der Waals surface area (Å²) in [5, 5.41) is 21.1. The molecule has 1 aromatic carbocycles. The van der Waals surface area contributed by atoms with Crippen molar-refractivity contribution in [1.29, 1.82) is 0 Å². The van der Waals surface area contributed by atoms with Crippen LogP contribution in [0.4, 0.5) is 14.3 Å². The van der Waals surface area contributed by atoms with E-state index in [1.165, 1.54) is 35.4 Å². The van der Waals surface area contributed by atoms with Gasteiger partial charge in [-0.1, -0.05) is 12.1 Å². The minimum absolute atomic E-state index is 0.0177. The van der Waals surface area contributed by atoms with Crippen molar-refractivity contribution >= 4 is 22.5 Å². The molecule has 2 amide bonds. The summed E-state index contributed by atoms with van der Waals surface area (Å²) in [6.07, 6.45) is 1.18. The van der Waals surface area contributed by atoms with Gasteiger partial charge in [0.05, 0.1) is 19.3 Å². The van der Waals surface area contributed by atoms with Gasteiger partial charge in [-0.3, -0.25) is 5.32 Å². The first-order chi connectivity index (χ1) is 11.0. The summed E-state index contributed by atoms with van der Waals surface area (Å²) in [5.74, 6) is -0.287. The standard InChI is InChI=1S/C15H18FN3O3S/c1-19(8-12(21)9-20)15(22)18-14-17-7-13(23-14)6-10-3-2-4-11(16)5-10/h2-5,7,12,20-21H,6,8-9H2,1H3,(H,17,18,22). The number of urea groups is 1. The molecule has 0 radical (unpaired) electrons. The first-order valence-electron chi connectivity index (χ1n) is 6.98. The number of amides is 2. The van der Waals surface area contributed by atoms with E-state index < -0.39 is 18.7 Å². The molecular weight excluding hydrogens is 321 g/mol. The second kappa shape index (κ2) is 8.00. The number of aromatic nitrogens is 1. The summed E-state index contributed by atoms with van der Waals surface area (Å²) in [6, 6.07) is 5.89. The van der Waals surface area contributed by atoms with Crippen LogP contribution in [0.5, 0.6) is 0 Å². The van der Waals surface area contributed by atoms with E-state index in [1.54, 1.807) is 12.3 Å². The Kier molecular flexibility index (Phi) is 6.03. The predicted octanol–water partition coefficient (Wildman–Crippen LogP) is 1.69. The smallest absolute Gasteiger partial charge is 0.323 e. The average molecular weight is 339 g/mol. The van der Waals surface area contributed by atoms with Crippen LogP contribution in [0, 0.1) is 5.82 Å². The number of anilines is 1. The maximum atomic E-state index is 13.2. The lowest BCUT2D eigenvalue weighted by atomic mass is 10.1. The number of carbonyl (C=O) groups is 1. The minimum atomic E-state index is -0.981. The molecule has 0 bridgehead atoms. The number of hydrogen-bond donors (Lipinski definition) is 3. The molecule has 1 unspecified atom stereocenters. The van der Waals surface area contributed by atoms with E-state index >= 15 is 0 Å². The summed E-state index contributed by atoms with van der Waals surface area (Å²) in [7, 11) is 1.51. The van der Waals surface area contributed by atoms with Crippen molar-refractivity contribution in [2.45, 2.75) is 12.5 Å². The third-order valence-corrected chi connectivity index (χ3v) is 3.99. The fourth-order valence-corrected chi connectivity index (χ4v) is 2.78. The van der Waals surface area contributed by atoms with Crippen molar-refractivity contribution in [3.05, 3.63) is 46.7 Å². The Labute approximate surface area is 137 Å². The first-order valence-corrected chi connectivity index (χ1v) is 7.79. The maximum Gasteiger partial charge on any atom is 0.323 e. The lowest BCUT2D eigenvalue weighted by Crippen LogP contribution is -2.38. The number of carbonyl (C=O) groups excluding carboxylic acids is 1. The maximum absolute atomic E-state index is 13.2. The Hall–Kier alpha value is -2.03. The molecule has 23 heavy (non-hydrogen) atoms. The van der Waals surface area contributed by atoms with Gasteiger partial charge >= 0.3 is 6.03 Å². The summed E-state index contributed by atoms with van der Waals surface area (Å²) >= 11 is 1.30. The van der Waals surface area contributed by atoms with E-state index in [0.29, 0.717) is 11.6 Å². The Morgan fingerprint density at radius 1 is 1.52 bits per heavy atom. The summed E-state index contributed by atoms with van der Waals surface area (Å²) in [6.45, 7) is -0.392. The monoisotopic (exact) mass is 339 g/mol. The lowest BCUT2D eigenvalue weighted by molar-refractivity contribution is 0.0750. The zero-order chi connectivity index (χ0) is 16.8. The minimum Gasteiger partial charge on any atom is -0.394 e. The summed E-state index contributed by atoms with van der Waals surface area (Å²) in [5.41, 5.74) is 0.828. The van der Waals surface area contributed by atoms with Gasteiger partial charge in [0.15, 0.2) is 5.13 Å². The van der Waals surface area contributed by atoms with Crippen LogP contribution in [0.25, 0.3) is 0 Å². The fourth-order valence-electron chi connectivity index (χ4n) is 1.94. The molecule has 0 aliphatic heterocycles. The molecule has 0 saturated heterocycles. The highest BCUT2D eigenvalue weighted by atomic mass is 32.1. The molecule has 6 nitrogen and oxygen atoms in total. The van der Waals surface area contributed by atoms with Gasteiger partial charge < -0.3 is 15.1 Å². The number of hydrogen-bond acceptors (Lipinski definition) is 5. The van der Waals surface area contributed by atoms with Crippen molar-refractivity contribution in [2.75, 3.05) is 25.5 Å². The van der Waals surface area contributed by atoms with Crippen LogP contribution in [0.1, 0.15) is 10.4 Å². The number of benzene rings is 1. The second-order valence-electron chi connectivity index (χ2n) is 5.09. The lowest BCUT2D eigenvalue weighted by Gasteiger charge is -2.19. The van der Waals surface area contributed by atoms with Crippen LogP contribution in [0.3, 0.4) is 0 Å². The van der Waals surface area contributed by atoms with E-state index in [4.69, 9.17) is 5.11 Å². The van der Waals surface area contributed by atoms with Gasteiger partial charge in [-0.05, 0) is 17.7 Å². The van der Waals surface area contributed by atoms with E-state index in [0.717, 1.165) is 10.4 Å². The summed E-state index contributed by atoms with van der Waals surface area (Å²) in [4.78, 5) is 18.2. The molecular formula is C15H18FN3O3S. The molecule has 0 aliphatic rings. The van der Waals surface area contributed by atoms with Gasteiger partial charge in [-0.2, -0.15) is 0 Å². The van der Waals surface area contributed by atoms with Crippen molar-refractivity contribution in [2.24, 2.45) is 0 Å². The number of likely N-dealkylation sites (N-methyl/N-ethyl adjacent to an activating group) is 1. The van der Waals surface area contributed by atoms with Gasteiger partial charge in [-0.25, -0.2) is 14.2 Å². The zero-order valence-corrected chi connectivity index (χ0v) is 13.4. The Morgan fingerprint density at radius 3 is 3.00 bits per heavy atom. The molecule has 8 heteroatoms. The largest absolute Gasteiger partial charge is 0.394 e. The molecule has 0 fully saturated rings. The molecule has 2 aromatic rings. The Bertz CT molecular complexity index is 665. The van der Waals surface area contributed by atoms with Crippen LogP contribution in [0.15, 0.2) is 30.5 Å². The molecule has 1 heterocycles. The highest BCUT2D eigenvalue weighted by molar-refractivity contribution is 7.15. The van der Waals surface area contributed by atoms with Crippen LogP contribution >= 0.6 is 11.3 Å².